The number of aromatic nitrogens is 4. The zero-order chi connectivity index (χ0) is 62.4. The van der Waals surface area contributed by atoms with Gasteiger partial charge in [0.25, 0.3) is 6.33 Å². The number of rotatable bonds is 11. The van der Waals surface area contributed by atoms with Crippen molar-refractivity contribution >= 4 is 83.6 Å². The van der Waals surface area contributed by atoms with Crippen molar-refractivity contribution in [2.24, 2.45) is 0 Å². The van der Waals surface area contributed by atoms with E-state index in [0.29, 0.717) is 11.5 Å². The van der Waals surface area contributed by atoms with Crippen molar-refractivity contribution in [2.45, 2.75) is 78.6 Å². The molecule has 0 saturated carbocycles. The molecule has 0 fully saturated rings. The van der Waals surface area contributed by atoms with Gasteiger partial charge in [-0.15, -0.1) is 29.7 Å². The van der Waals surface area contributed by atoms with Gasteiger partial charge in [0.15, 0.2) is 8.07 Å². The van der Waals surface area contributed by atoms with Crippen LogP contribution in [0.3, 0.4) is 0 Å². The number of benzene rings is 11. The van der Waals surface area contributed by atoms with Crippen LogP contribution in [0.1, 0.15) is 79.0 Å². The smallest absolute Gasteiger partial charge is 0.268 e. The van der Waals surface area contributed by atoms with Crippen molar-refractivity contribution in [2.75, 3.05) is 0 Å². The Bertz CT molecular complexity index is 5150. The third-order valence-electron chi connectivity index (χ3n) is 18.2. The van der Waals surface area contributed by atoms with Gasteiger partial charge in [-0.3, -0.25) is 4.57 Å². The SMILES string of the molecule is CC(C)(C)c1cccc([Si](c2cccc(-c3ccc(-n4c5[c-]c(Oc6[c-]c(-n7[c-][n+](-c8c(-c9ccccc9)ccc9oc%10ccccc%10c89)c8ccccc87)ccc6)ccc5c5ccccc54)nc3)c2)(c2cccc(C(C)(C)C)c2)c2cccc(C(C)(C)C)c2)c1.[Pt]. The van der Waals surface area contributed by atoms with E-state index in [9.17, 15) is 0 Å². The fourth-order valence-electron chi connectivity index (χ4n) is 13.5. The summed E-state index contributed by atoms with van der Waals surface area (Å²) in [6.45, 7) is 20.9. The molecule has 0 amide bonds. The number of ether oxygens (including phenoxy) is 1. The van der Waals surface area contributed by atoms with Gasteiger partial charge < -0.3 is 18.3 Å². The fourth-order valence-corrected chi connectivity index (χ4v) is 18.4. The maximum absolute atomic E-state index is 6.80. The van der Waals surface area contributed by atoms with Crippen molar-refractivity contribution in [3.05, 3.63) is 296 Å². The maximum Gasteiger partial charge on any atom is 0.268 e. The van der Waals surface area contributed by atoms with E-state index in [-0.39, 0.29) is 37.3 Å². The van der Waals surface area contributed by atoms with Gasteiger partial charge in [0.1, 0.15) is 17.0 Å². The van der Waals surface area contributed by atoms with Gasteiger partial charge in [-0.05, 0) is 112 Å². The Morgan fingerprint density at radius 3 is 1.66 bits per heavy atom. The van der Waals surface area contributed by atoms with E-state index in [1.807, 2.05) is 42.6 Å². The molecule has 11 aromatic carbocycles. The summed E-state index contributed by atoms with van der Waals surface area (Å²) in [7, 11) is -3.06. The van der Waals surface area contributed by atoms with Crippen molar-refractivity contribution in [1.82, 2.24) is 14.1 Å². The molecule has 0 bridgehead atoms. The number of imidazole rings is 1. The molecule has 454 valence electrons. The molecule has 0 aliphatic rings. The van der Waals surface area contributed by atoms with Gasteiger partial charge in [-0.25, -0.2) is 4.98 Å². The molecule has 0 N–H and O–H groups in total. The van der Waals surface area contributed by atoms with Crippen LogP contribution in [0.5, 0.6) is 11.5 Å². The third-order valence-corrected chi connectivity index (χ3v) is 23.0. The van der Waals surface area contributed by atoms with Crippen LogP contribution in [0.15, 0.2) is 265 Å². The molecule has 0 radical (unpaired) electrons. The Kier molecular flexibility index (Phi) is 15.1. The van der Waals surface area contributed by atoms with E-state index < -0.39 is 8.07 Å². The first-order chi connectivity index (χ1) is 44.0. The molecule has 8 heteroatoms. The Labute approximate surface area is 554 Å². The second-order valence-corrected chi connectivity index (χ2v) is 31.0. The number of furan rings is 1. The molecule has 0 aliphatic heterocycles. The topological polar surface area (TPSA) is 49.0 Å². The second kappa shape index (κ2) is 23.2. The quantitative estimate of drug-likeness (QED) is 0.0561. The van der Waals surface area contributed by atoms with Crippen LogP contribution < -0.4 is 30.1 Å². The van der Waals surface area contributed by atoms with Crippen molar-refractivity contribution in [3.8, 4) is 50.9 Å². The number of hydrogen-bond acceptors (Lipinski definition) is 3. The number of para-hydroxylation sites is 4. The Hall–Kier alpha value is -9.65. The van der Waals surface area contributed by atoms with Crippen molar-refractivity contribution in [3.63, 3.8) is 0 Å². The minimum Gasteiger partial charge on any atom is -0.510 e. The van der Waals surface area contributed by atoms with Crippen LogP contribution >= 0.6 is 0 Å². The first kappa shape index (κ1) is 59.9. The number of pyridine rings is 1. The van der Waals surface area contributed by atoms with Gasteiger partial charge in [0.2, 0.25) is 0 Å². The average Bonchev–Trinajstić information content (AvgIpc) is 1.21. The molecule has 92 heavy (non-hydrogen) atoms. The molecule has 15 aromatic rings. The van der Waals surface area contributed by atoms with E-state index >= 15 is 0 Å². The molecule has 4 heterocycles. The molecular weight excluding hydrogens is 1320 g/mol. The molecular formula is C84H70N4O2PtSi-2. The molecule has 6 nitrogen and oxygen atoms in total. The van der Waals surface area contributed by atoms with Crippen molar-refractivity contribution < 1.29 is 34.8 Å². The summed E-state index contributed by atoms with van der Waals surface area (Å²) in [4.78, 5) is 5.33. The fraction of sp³-hybridized carbons (Fsp3) is 0.143. The van der Waals surface area contributed by atoms with Crippen LogP contribution in [0.2, 0.25) is 0 Å². The first-order valence-electron chi connectivity index (χ1n) is 31.5. The van der Waals surface area contributed by atoms with Gasteiger partial charge in [0.05, 0.1) is 16.7 Å². The van der Waals surface area contributed by atoms with Crippen molar-refractivity contribution in [1.29, 1.82) is 0 Å². The number of nitrogens with zero attached hydrogens (tertiary/aromatic N) is 4. The van der Waals surface area contributed by atoms with E-state index in [0.717, 1.165) is 94.2 Å². The van der Waals surface area contributed by atoms with Crippen LogP contribution in [0.4, 0.5) is 0 Å². The predicted molar refractivity (Wildman–Crippen MR) is 378 cm³/mol. The van der Waals surface area contributed by atoms with E-state index in [2.05, 4.69) is 313 Å². The van der Waals surface area contributed by atoms with Crippen LogP contribution in [0.25, 0.3) is 94.2 Å². The average molecular weight is 1390 g/mol. The molecule has 15 rings (SSSR count). The van der Waals surface area contributed by atoms with E-state index in [4.69, 9.17) is 14.1 Å². The standard InChI is InChI=1S/C84H70N4O2Si.Pt/c1-82(2,3)59-27-20-33-66(49-59)91(67-34-21-28-60(50-67)83(4,5)6,68-35-22-29-61(51-68)84(7,8)9)65-32-19-26-57(48-65)58-42-47-79(85-54-58)88-73-38-15-13-36-70(73)71-44-43-64(53-76(71)88)89-63-31-23-30-62(52-63)86-55-87(75-40-17-16-39-74(75)86)81-69(56-24-11-10-12-25-56)45-46-78-80(81)72-37-14-18-41-77(72)90-78;/h10-51,54H,1-9H3;/q-2;. The second-order valence-electron chi connectivity index (χ2n) is 27.2. The summed E-state index contributed by atoms with van der Waals surface area (Å²) in [6.07, 6.45) is 5.82. The Morgan fingerprint density at radius 2 is 1.01 bits per heavy atom. The minimum absolute atomic E-state index is 0. The summed E-state index contributed by atoms with van der Waals surface area (Å²) in [5, 5.41) is 9.65. The monoisotopic (exact) mass is 1390 g/mol. The molecule has 0 aliphatic carbocycles. The van der Waals surface area contributed by atoms with Gasteiger partial charge in [-0.1, -0.05) is 262 Å². The Balaban J connectivity index is 0.00000735. The van der Waals surface area contributed by atoms with Crippen LogP contribution in [-0.4, -0.2) is 22.2 Å². The molecule has 4 aromatic heterocycles. The minimum atomic E-state index is -3.06. The number of hydrogen-bond donors (Lipinski definition) is 0. The zero-order valence-electron chi connectivity index (χ0n) is 53.2. The van der Waals surface area contributed by atoms with E-state index in [1.54, 1.807) is 0 Å². The summed E-state index contributed by atoms with van der Waals surface area (Å²) < 4.78 is 19.7. The maximum atomic E-state index is 6.80. The predicted octanol–water partition coefficient (Wildman–Crippen LogP) is 18.1. The molecule has 0 unspecified atom stereocenters. The van der Waals surface area contributed by atoms with Gasteiger partial charge in [-0.2, -0.15) is 18.2 Å². The molecule has 0 spiro atoms. The van der Waals surface area contributed by atoms with Crippen LogP contribution in [-0.2, 0) is 37.3 Å². The van der Waals surface area contributed by atoms with E-state index in [1.165, 1.54) is 37.4 Å². The van der Waals surface area contributed by atoms with Gasteiger partial charge in [0, 0.05) is 60.6 Å². The van der Waals surface area contributed by atoms with Gasteiger partial charge >= 0.3 is 0 Å². The summed E-state index contributed by atoms with van der Waals surface area (Å²) >= 11 is 0. The normalized spacial score (nSPS) is 12.3. The summed E-state index contributed by atoms with van der Waals surface area (Å²) in [5.41, 5.74) is 15.4. The third kappa shape index (κ3) is 10.5. The Morgan fingerprint density at radius 1 is 0.446 bits per heavy atom. The first-order valence-corrected chi connectivity index (χ1v) is 33.5. The summed E-state index contributed by atoms with van der Waals surface area (Å²) in [5.74, 6) is 1.89. The zero-order valence-corrected chi connectivity index (χ0v) is 56.5. The van der Waals surface area contributed by atoms with Crippen LogP contribution in [0, 0.1) is 18.5 Å². The largest absolute Gasteiger partial charge is 0.510 e. The summed E-state index contributed by atoms with van der Waals surface area (Å²) in [6, 6.07) is 99.6. The molecule has 0 atom stereocenters. The number of fused-ring (bicyclic) bond motifs is 7. The molecule has 0 saturated heterocycles.